The molecular weight excluding hydrogens is 374 g/mol. The first kappa shape index (κ1) is 22.0. The van der Waals surface area contributed by atoms with Crippen LogP contribution in [0, 0.1) is 0 Å². The number of carbonyl (C=O) groups is 2. The fourth-order valence-electron chi connectivity index (χ4n) is 3.70. The molecule has 1 aliphatic rings. The van der Waals surface area contributed by atoms with Gasteiger partial charge in [0, 0.05) is 18.2 Å². The quantitative estimate of drug-likeness (QED) is 0.690. The average Bonchev–Trinajstić information content (AvgIpc) is 3.03. The van der Waals surface area contributed by atoms with E-state index in [9.17, 15) is 9.59 Å². The molecule has 1 heterocycles. The van der Waals surface area contributed by atoms with Gasteiger partial charge in [0.15, 0.2) is 0 Å². The van der Waals surface area contributed by atoms with Crippen molar-refractivity contribution in [1.82, 2.24) is 10.2 Å². The molecule has 30 heavy (non-hydrogen) atoms. The Bertz CT molecular complexity index is 840. The van der Waals surface area contributed by atoms with Crippen LogP contribution >= 0.6 is 0 Å². The molecule has 0 radical (unpaired) electrons. The Morgan fingerprint density at radius 2 is 1.60 bits per heavy atom. The van der Waals surface area contributed by atoms with Gasteiger partial charge in [0.05, 0.1) is 11.3 Å². The van der Waals surface area contributed by atoms with Crippen LogP contribution in [0.2, 0.25) is 0 Å². The van der Waals surface area contributed by atoms with Crippen molar-refractivity contribution in [3.63, 3.8) is 0 Å². The third kappa shape index (κ3) is 6.17. The van der Waals surface area contributed by atoms with Gasteiger partial charge in [-0.2, -0.15) is 0 Å². The highest BCUT2D eigenvalue weighted by Crippen LogP contribution is 2.18. The molecule has 160 valence electrons. The second-order valence-electron chi connectivity index (χ2n) is 8.17. The Morgan fingerprint density at radius 1 is 0.933 bits per heavy atom. The van der Waals surface area contributed by atoms with Gasteiger partial charge in [0.25, 0.3) is 11.8 Å². The molecule has 2 amide bonds. The first-order valence-corrected chi connectivity index (χ1v) is 11.1. The van der Waals surface area contributed by atoms with Gasteiger partial charge in [-0.3, -0.25) is 14.5 Å². The third-order valence-electron chi connectivity index (χ3n) is 5.73. The Balaban J connectivity index is 1.64. The van der Waals surface area contributed by atoms with Gasteiger partial charge in [0.1, 0.15) is 0 Å². The molecule has 1 aliphatic heterocycles. The van der Waals surface area contributed by atoms with Crippen molar-refractivity contribution in [1.29, 1.82) is 0 Å². The van der Waals surface area contributed by atoms with Crippen LogP contribution in [0.3, 0.4) is 0 Å². The highest BCUT2D eigenvalue weighted by atomic mass is 16.2. The van der Waals surface area contributed by atoms with E-state index < -0.39 is 0 Å². The summed E-state index contributed by atoms with van der Waals surface area (Å²) in [5, 5.41) is 5.85. The second kappa shape index (κ2) is 10.9. The van der Waals surface area contributed by atoms with E-state index in [1.165, 1.54) is 31.2 Å². The van der Waals surface area contributed by atoms with E-state index >= 15 is 0 Å². The molecule has 2 N–H and O–H groups in total. The van der Waals surface area contributed by atoms with E-state index in [1.807, 2.05) is 44.2 Å². The molecule has 2 aromatic rings. The number of amides is 2. The Morgan fingerprint density at radius 3 is 2.27 bits per heavy atom. The number of nitrogens with zero attached hydrogens (tertiary/aromatic N) is 1. The predicted octanol–water partition coefficient (Wildman–Crippen LogP) is 4.84. The summed E-state index contributed by atoms with van der Waals surface area (Å²) in [6.07, 6.45) is 6.04. The van der Waals surface area contributed by atoms with Gasteiger partial charge in [-0.1, -0.05) is 44.0 Å². The van der Waals surface area contributed by atoms with Gasteiger partial charge in [-0.05, 0) is 69.1 Å². The Kier molecular flexibility index (Phi) is 8.03. The molecule has 1 atom stereocenters. The minimum Gasteiger partial charge on any atom is -0.350 e. The maximum atomic E-state index is 12.8. The number of carbonyl (C=O) groups excluding carboxylic acids is 2. The lowest BCUT2D eigenvalue weighted by molar-refractivity contribution is 0.0940. The largest absolute Gasteiger partial charge is 0.350 e. The van der Waals surface area contributed by atoms with Gasteiger partial charge < -0.3 is 10.6 Å². The Labute approximate surface area is 179 Å². The lowest BCUT2D eigenvalue weighted by Crippen LogP contribution is -2.32. The average molecular weight is 408 g/mol. The molecule has 5 nitrogen and oxygen atoms in total. The first-order valence-electron chi connectivity index (χ1n) is 11.1. The highest BCUT2D eigenvalue weighted by molar-refractivity contribution is 6.09. The third-order valence-corrected chi connectivity index (χ3v) is 5.73. The Hall–Kier alpha value is -2.66. The van der Waals surface area contributed by atoms with E-state index in [0.29, 0.717) is 16.8 Å². The molecule has 0 saturated carbocycles. The number of benzene rings is 2. The molecule has 0 bridgehead atoms. The predicted molar refractivity (Wildman–Crippen MR) is 122 cm³/mol. The van der Waals surface area contributed by atoms with Crippen LogP contribution in [0.25, 0.3) is 0 Å². The fourth-order valence-corrected chi connectivity index (χ4v) is 3.70. The van der Waals surface area contributed by atoms with Crippen LogP contribution < -0.4 is 10.6 Å². The molecule has 0 unspecified atom stereocenters. The van der Waals surface area contributed by atoms with Gasteiger partial charge in [-0.15, -0.1) is 0 Å². The summed E-state index contributed by atoms with van der Waals surface area (Å²) in [6.45, 7) is 7.22. The SMILES string of the molecule is CC[C@@H](C)NC(=O)c1ccccc1NC(=O)c1ccc(CN2CCCCCC2)cc1. The van der Waals surface area contributed by atoms with Crippen LogP contribution in [0.4, 0.5) is 5.69 Å². The second-order valence-corrected chi connectivity index (χ2v) is 8.17. The van der Waals surface area contributed by atoms with Crippen LogP contribution in [-0.4, -0.2) is 35.8 Å². The molecule has 0 spiro atoms. The molecule has 2 aromatic carbocycles. The summed E-state index contributed by atoms with van der Waals surface area (Å²) in [6, 6.07) is 15.0. The highest BCUT2D eigenvalue weighted by Gasteiger charge is 2.16. The summed E-state index contributed by atoms with van der Waals surface area (Å²) >= 11 is 0. The monoisotopic (exact) mass is 407 g/mol. The lowest BCUT2D eigenvalue weighted by atomic mass is 10.1. The fraction of sp³-hybridized carbons (Fsp3) is 0.440. The number of para-hydroxylation sites is 1. The summed E-state index contributed by atoms with van der Waals surface area (Å²) in [4.78, 5) is 27.8. The number of hydrogen-bond acceptors (Lipinski definition) is 3. The van der Waals surface area contributed by atoms with Gasteiger partial charge in [-0.25, -0.2) is 0 Å². The van der Waals surface area contributed by atoms with Crippen molar-refractivity contribution in [3.05, 3.63) is 65.2 Å². The van der Waals surface area contributed by atoms with Crippen molar-refractivity contribution >= 4 is 17.5 Å². The van der Waals surface area contributed by atoms with Crippen molar-refractivity contribution in [3.8, 4) is 0 Å². The number of likely N-dealkylation sites (tertiary alicyclic amines) is 1. The number of nitrogens with one attached hydrogen (secondary N) is 2. The van der Waals surface area contributed by atoms with E-state index in [-0.39, 0.29) is 17.9 Å². The molecule has 3 rings (SSSR count). The van der Waals surface area contributed by atoms with Gasteiger partial charge in [0.2, 0.25) is 0 Å². The number of rotatable bonds is 7. The van der Waals surface area contributed by atoms with Crippen molar-refractivity contribution in [2.24, 2.45) is 0 Å². The van der Waals surface area contributed by atoms with E-state index in [1.54, 1.807) is 18.2 Å². The summed E-state index contributed by atoms with van der Waals surface area (Å²) in [5.41, 5.74) is 2.81. The van der Waals surface area contributed by atoms with Crippen LogP contribution in [-0.2, 0) is 6.54 Å². The summed E-state index contributed by atoms with van der Waals surface area (Å²) in [5.74, 6) is -0.381. The number of anilines is 1. The minimum atomic E-state index is -0.208. The lowest BCUT2D eigenvalue weighted by Gasteiger charge is -2.19. The van der Waals surface area contributed by atoms with Crippen LogP contribution in [0.15, 0.2) is 48.5 Å². The molecule has 5 heteroatoms. The van der Waals surface area contributed by atoms with Crippen molar-refractivity contribution < 1.29 is 9.59 Å². The maximum Gasteiger partial charge on any atom is 0.255 e. The minimum absolute atomic E-state index is 0.0815. The maximum absolute atomic E-state index is 12.8. The number of hydrogen-bond donors (Lipinski definition) is 2. The molecule has 1 fully saturated rings. The smallest absolute Gasteiger partial charge is 0.255 e. The van der Waals surface area contributed by atoms with Crippen molar-refractivity contribution in [2.45, 2.75) is 58.5 Å². The normalized spacial score (nSPS) is 15.8. The van der Waals surface area contributed by atoms with Gasteiger partial charge >= 0.3 is 0 Å². The summed E-state index contributed by atoms with van der Waals surface area (Å²) < 4.78 is 0. The van der Waals surface area contributed by atoms with Crippen LogP contribution in [0.5, 0.6) is 0 Å². The first-order chi connectivity index (χ1) is 14.6. The van der Waals surface area contributed by atoms with Crippen molar-refractivity contribution in [2.75, 3.05) is 18.4 Å². The van der Waals surface area contributed by atoms with E-state index in [4.69, 9.17) is 0 Å². The van der Waals surface area contributed by atoms with E-state index in [2.05, 4.69) is 15.5 Å². The molecule has 0 aliphatic carbocycles. The van der Waals surface area contributed by atoms with E-state index in [0.717, 1.165) is 26.1 Å². The zero-order valence-corrected chi connectivity index (χ0v) is 18.1. The zero-order valence-electron chi connectivity index (χ0n) is 18.1. The van der Waals surface area contributed by atoms with Crippen LogP contribution in [0.1, 0.15) is 72.2 Å². The zero-order chi connectivity index (χ0) is 21.3. The molecular formula is C25H33N3O2. The summed E-state index contributed by atoms with van der Waals surface area (Å²) in [7, 11) is 0. The topological polar surface area (TPSA) is 61.4 Å². The standard InChI is InChI=1S/C25H33N3O2/c1-3-19(2)26-25(30)22-10-6-7-11-23(22)27-24(29)21-14-12-20(13-15-21)18-28-16-8-4-5-9-17-28/h6-7,10-15,19H,3-5,8-9,16-18H2,1-2H3,(H,26,30)(H,27,29)/t19-/m1/s1. The molecule has 1 saturated heterocycles. The molecule has 0 aromatic heterocycles.